The number of amides is 1. The second kappa shape index (κ2) is 6.92. The van der Waals surface area contributed by atoms with Crippen LogP contribution in [0.1, 0.15) is 47.0 Å². The van der Waals surface area contributed by atoms with Crippen molar-refractivity contribution in [2.24, 2.45) is 11.7 Å². The van der Waals surface area contributed by atoms with E-state index in [2.05, 4.69) is 5.32 Å². The molecule has 0 aliphatic heterocycles. The van der Waals surface area contributed by atoms with Gasteiger partial charge in [0, 0.05) is 12.1 Å². The molecule has 1 saturated carbocycles. The second-order valence-electron chi connectivity index (χ2n) is 6.18. The molecule has 20 heavy (non-hydrogen) atoms. The van der Waals surface area contributed by atoms with E-state index in [9.17, 15) is 9.59 Å². The number of carbonyl (C=O) groups excluding carboxylic acids is 2. The first kappa shape index (κ1) is 16.8. The summed E-state index contributed by atoms with van der Waals surface area (Å²) in [4.78, 5) is 23.5. The van der Waals surface area contributed by atoms with Gasteiger partial charge in [0.25, 0.3) is 0 Å². The van der Waals surface area contributed by atoms with Crippen LogP contribution in [0.25, 0.3) is 0 Å². The molecule has 0 saturated heterocycles. The predicted octanol–water partition coefficient (Wildman–Crippen LogP) is 1.57. The molecule has 1 aliphatic rings. The van der Waals surface area contributed by atoms with E-state index in [-0.39, 0.29) is 24.0 Å². The minimum Gasteiger partial charge on any atom is -0.466 e. The highest BCUT2D eigenvalue weighted by molar-refractivity contribution is 5.73. The average molecular weight is 286 g/mol. The van der Waals surface area contributed by atoms with Crippen LogP contribution in [0, 0.1) is 5.92 Å². The molecule has 0 aromatic carbocycles. The van der Waals surface area contributed by atoms with E-state index in [1.807, 2.05) is 0 Å². The van der Waals surface area contributed by atoms with Gasteiger partial charge in [-0.2, -0.15) is 0 Å². The van der Waals surface area contributed by atoms with E-state index < -0.39 is 11.7 Å². The van der Waals surface area contributed by atoms with Crippen molar-refractivity contribution in [1.82, 2.24) is 5.32 Å². The number of hydrogen-bond donors (Lipinski definition) is 2. The van der Waals surface area contributed by atoms with Crippen LogP contribution >= 0.6 is 0 Å². The molecule has 0 bridgehead atoms. The summed E-state index contributed by atoms with van der Waals surface area (Å²) < 4.78 is 10.2. The van der Waals surface area contributed by atoms with Gasteiger partial charge in [0.2, 0.25) is 0 Å². The van der Waals surface area contributed by atoms with Gasteiger partial charge in [-0.05, 0) is 47.0 Å². The highest BCUT2D eigenvalue weighted by Gasteiger charge is 2.34. The second-order valence-corrected chi connectivity index (χ2v) is 6.18. The number of alkyl carbamates (subject to hydrolysis) is 1. The van der Waals surface area contributed by atoms with Gasteiger partial charge in [-0.1, -0.05) is 0 Å². The van der Waals surface area contributed by atoms with E-state index in [4.69, 9.17) is 15.2 Å². The molecule has 3 N–H and O–H groups in total. The Morgan fingerprint density at radius 1 is 1.30 bits per heavy atom. The number of rotatable bonds is 3. The van der Waals surface area contributed by atoms with Crippen LogP contribution in [0.4, 0.5) is 4.79 Å². The van der Waals surface area contributed by atoms with Gasteiger partial charge in [0.05, 0.1) is 12.5 Å². The summed E-state index contributed by atoms with van der Waals surface area (Å²) in [7, 11) is 0. The van der Waals surface area contributed by atoms with Gasteiger partial charge in [-0.25, -0.2) is 4.79 Å². The molecule has 0 aromatic rings. The third-order valence-electron chi connectivity index (χ3n) is 3.23. The molecule has 0 radical (unpaired) electrons. The maximum absolute atomic E-state index is 11.8. The Morgan fingerprint density at radius 3 is 2.50 bits per heavy atom. The van der Waals surface area contributed by atoms with Crippen LogP contribution < -0.4 is 11.1 Å². The average Bonchev–Trinajstić information content (AvgIpc) is 2.29. The summed E-state index contributed by atoms with van der Waals surface area (Å²) in [6, 6.07) is -0.416. The van der Waals surface area contributed by atoms with E-state index >= 15 is 0 Å². The SMILES string of the molecule is CCOC(=O)[C@@H]1CCC(N)C(NC(=O)OC(C)(C)C)C1. The predicted molar refractivity (Wildman–Crippen MR) is 75.1 cm³/mol. The molecule has 2 unspecified atom stereocenters. The van der Waals surface area contributed by atoms with E-state index in [0.29, 0.717) is 25.9 Å². The quantitative estimate of drug-likeness (QED) is 0.768. The van der Waals surface area contributed by atoms with Crippen LogP contribution in [0.3, 0.4) is 0 Å². The van der Waals surface area contributed by atoms with Crippen molar-refractivity contribution in [2.75, 3.05) is 6.61 Å². The van der Waals surface area contributed by atoms with Gasteiger partial charge in [-0.15, -0.1) is 0 Å². The number of nitrogens with one attached hydrogen (secondary N) is 1. The highest BCUT2D eigenvalue weighted by Crippen LogP contribution is 2.25. The number of carbonyl (C=O) groups is 2. The molecule has 1 fully saturated rings. The van der Waals surface area contributed by atoms with Crippen molar-refractivity contribution in [3.63, 3.8) is 0 Å². The highest BCUT2D eigenvalue weighted by atomic mass is 16.6. The Hall–Kier alpha value is -1.30. The van der Waals surface area contributed by atoms with Crippen LogP contribution in [-0.2, 0) is 14.3 Å². The Morgan fingerprint density at radius 2 is 1.95 bits per heavy atom. The zero-order valence-electron chi connectivity index (χ0n) is 12.8. The molecular formula is C14H26N2O4. The van der Waals surface area contributed by atoms with Gasteiger partial charge in [0.1, 0.15) is 5.60 Å². The minimum absolute atomic E-state index is 0.159. The first-order chi connectivity index (χ1) is 9.23. The van der Waals surface area contributed by atoms with E-state index in [1.54, 1.807) is 27.7 Å². The monoisotopic (exact) mass is 286 g/mol. The number of esters is 1. The van der Waals surface area contributed by atoms with Crippen molar-refractivity contribution in [1.29, 1.82) is 0 Å². The van der Waals surface area contributed by atoms with Crippen molar-refractivity contribution in [3.05, 3.63) is 0 Å². The summed E-state index contributed by atoms with van der Waals surface area (Å²) >= 11 is 0. The number of hydrogen-bond acceptors (Lipinski definition) is 5. The molecule has 1 aliphatic carbocycles. The summed E-state index contributed by atoms with van der Waals surface area (Å²) in [5, 5.41) is 2.76. The summed E-state index contributed by atoms with van der Waals surface area (Å²) in [6.45, 7) is 7.55. The zero-order chi connectivity index (χ0) is 15.3. The van der Waals surface area contributed by atoms with Crippen LogP contribution in [0.15, 0.2) is 0 Å². The maximum atomic E-state index is 11.8. The first-order valence-corrected chi connectivity index (χ1v) is 7.14. The van der Waals surface area contributed by atoms with Gasteiger partial charge >= 0.3 is 12.1 Å². The molecule has 3 atom stereocenters. The fourth-order valence-corrected chi connectivity index (χ4v) is 2.29. The van der Waals surface area contributed by atoms with Crippen LogP contribution in [0.5, 0.6) is 0 Å². The van der Waals surface area contributed by atoms with Crippen molar-refractivity contribution in [2.45, 2.75) is 64.6 Å². The normalized spacial score (nSPS) is 26.8. The van der Waals surface area contributed by atoms with Gasteiger partial charge in [-0.3, -0.25) is 4.79 Å². The van der Waals surface area contributed by atoms with Crippen molar-refractivity contribution in [3.8, 4) is 0 Å². The lowest BCUT2D eigenvalue weighted by Crippen LogP contribution is -2.53. The Labute approximate surface area is 120 Å². The Bertz CT molecular complexity index is 352. The maximum Gasteiger partial charge on any atom is 0.407 e. The number of ether oxygens (including phenoxy) is 2. The van der Waals surface area contributed by atoms with Gasteiger partial charge in [0.15, 0.2) is 0 Å². The summed E-state index contributed by atoms with van der Waals surface area (Å²) in [5.74, 6) is -0.412. The fourth-order valence-electron chi connectivity index (χ4n) is 2.29. The first-order valence-electron chi connectivity index (χ1n) is 7.14. The molecule has 0 heterocycles. The van der Waals surface area contributed by atoms with Crippen molar-refractivity contribution < 1.29 is 19.1 Å². The largest absolute Gasteiger partial charge is 0.466 e. The lowest BCUT2D eigenvalue weighted by molar-refractivity contribution is -0.149. The smallest absolute Gasteiger partial charge is 0.407 e. The molecular weight excluding hydrogens is 260 g/mol. The third kappa shape index (κ3) is 5.36. The molecule has 0 spiro atoms. The molecule has 116 valence electrons. The Kier molecular flexibility index (Phi) is 5.80. The zero-order valence-corrected chi connectivity index (χ0v) is 12.8. The standard InChI is InChI=1S/C14H26N2O4/c1-5-19-12(17)9-6-7-10(15)11(8-9)16-13(18)20-14(2,3)4/h9-11H,5-8,15H2,1-4H3,(H,16,18)/t9-,10?,11?/m1/s1. The third-order valence-corrected chi connectivity index (χ3v) is 3.23. The molecule has 1 rings (SSSR count). The van der Waals surface area contributed by atoms with E-state index in [1.165, 1.54) is 0 Å². The summed E-state index contributed by atoms with van der Waals surface area (Å²) in [5.41, 5.74) is 5.45. The lowest BCUT2D eigenvalue weighted by Gasteiger charge is -2.34. The minimum atomic E-state index is -0.552. The Balaban J connectivity index is 2.54. The molecule has 0 aromatic heterocycles. The van der Waals surface area contributed by atoms with Gasteiger partial charge < -0.3 is 20.5 Å². The van der Waals surface area contributed by atoms with Crippen LogP contribution in [-0.4, -0.2) is 36.4 Å². The molecule has 6 nitrogen and oxygen atoms in total. The molecule has 6 heteroatoms. The lowest BCUT2D eigenvalue weighted by atomic mass is 9.83. The summed E-state index contributed by atoms with van der Waals surface area (Å²) in [6.07, 6.45) is 1.39. The molecule has 1 amide bonds. The fraction of sp³-hybridized carbons (Fsp3) is 0.857. The number of nitrogens with two attached hydrogens (primary N) is 1. The van der Waals surface area contributed by atoms with Crippen molar-refractivity contribution >= 4 is 12.1 Å². The van der Waals surface area contributed by atoms with Crippen LogP contribution in [0.2, 0.25) is 0 Å². The topological polar surface area (TPSA) is 90.6 Å². The van der Waals surface area contributed by atoms with E-state index in [0.717, 1.165) is 0 Å².